The van der Waals surface area contributed by atoms with Gasteiger partial charge >= 0.3 is 0 Å². The molecule has 8 nitrogen and oxygen atoms in total. The van der Waals surface area contributed by atoms with Crippen LogP contribution in [-0.4, -0.2) is 80.7 Å². The van der Waals surface area contributed by atoms with E-state index in [1.165, 1.54) is 11.1 Å². The minimum Gasteiger partial charge on any atom is -0.493 e. The van der Waals surface area contributed by atoms with Crippen molar-refractivity contribution in [1.82, 2.24) is 14.9 Å². The van der Waals surface area contributed by atoms with Gasteiger partial charge in [0.05, 0.1) is 36.2 Å². The molecule has 9 heteroatoms. The number of nitrogens with zero attached hydrogens (tertiary/aromatic N) is 5. The van der Waals surface area contributed by atoms with Gasteiger partial charge in [-0.05, 0) is 24.1 Å². The lowest BCUT2D eigenvalue weighted by Crippen LogP contribution is -2.47. The van der Waals surface area contributed by atoms with Gasteiger partial charge < -0.3 is 14.5 Å². The fraction of sp³-hybridized carbons (Fsp3) is 0.545. The third-order valence-corrected chi connectivity index (χ3v) is 8.29. The van der Waals surface area contributed by atoms with Gasteiger partial charge in [0.25, 0.3) is 0 Å². The molecule has 5 rings (SSSR count). The lowest BCUT2D eigenvalue weighted by Gasteiger charge is -2.38. The maximum atomic E-state index is 11.6. The molecule has 1 atom stereocenters. The minimum atomic E-state index is -2.89. The third kappa shape index (κ3) is 4.34. The molecular weight excluding hydrogens is 414 g/mol. The van der Waals surface area contributed by atoms with Gasteiger partial charge in [-0.1, -0.05) is 12.1 Å². The van der Waals surface area contributed by atoms with Crippen molar-refractivity contribution in [3.63, 3.8) is 0 Å². The molecule has 0 radical (unpaired) electrons. The van der Waals surface area contributed by atoms with Crippen LogP contribution in [0.2, 0.25) is 0 Å². The van der Waals surface area contributed by atoms with E-state index >= 15 is 0 Å². The number of ether oxygens (including phenoxy) is 1. The van der Waals surface area contributed by atoms with Crippen molar-refractivity contribution in [3.8, 4) is 5.75 Å². The Balaban J connectivity index is 1.18. The molecule has 4 heterocycles. The summed E-state index contributed by atoms with van der Waals surface area (Å²) in [5.41, 5.74) is 3.51. The molecule has 166 valence electrons. The van der Waals surface area contributed by atoms with Gasteiger partial charge in [-0.3, -0.25) is 4.90 Å². The summed E-state index contributed by atoms with van der Waals surface area (Å²) in [7, 11) is -2.89. The van der Waals surface area contributed by atoms with E-state index in [0.717, 1.165) is 56.6 Å². The van der Waals surface area contributed by atoms with E-state index in [9.17, 15) is 8.42 Å². The van der Waals surface area contributed by atoms with Crippen molar-refractivity contribution in [3.05, 3.63) is 41.7 Å². The normalized spacial score (nSPS) is 22.1. The van der Waals surface area contributed by atoms with Crippen LogP contribution in [0.25, 0.3) is 0 Å². The number of piperazine rings is 1. The molecule has 0 saturated carbocycles. The molecule has 1 unspecified atom stereocenters. The van der Waals surface area contributed by atoms with Crippen molar-refractivity contribution < 1.29 is 13.2 Å². The SMILES string of the molecule is CC(c1ccc2c(c1)OCC2)N1CCN(c2ncc(N3CCS(=O)(=O)CC3)cn2)CC1. The molecule has 3 aliphatic rings. The number of sulfone groups is 1. The highest BCUT2D eigenvalue weighted by Crippen LogP contribution is 2.31. The number of hydrogen-bond acceptors (Lipinski definition) is 8. The minimum absolute atomic E-state index is 0.200. The second kappa shape index (κ2) is 8.27. The zero-order valence-corrected chi connectivity index (χ0v) is 18.7. The Kier molecular flexibility index (Phi) is 5.47. The van der Waals surface area contributed by atoms with E-state index in [1.54, 1.807) is 0 Å². The van der Waals surface area contributed by atoms with E-state index < -0.39 is 9.84 Å². The second-order valence-electron chi connectivity index (χ2n) is 8.54. The summed E-state index contributed by atoms with van der Waals surface area (Å²) in [6.07, 6.45) is 4.65. The summed E-state index contributed by atoms with van der Waals surface area (Å²) in [6, 6.07) is 6.98. The molecule has 0 amide bonds. The first-order valence-corrected chi connectivity index (χ1v) is 12.8. The fourth-order valence-electron chi connectivity index (χ4n) is 4.57. The van der Waals surface area contributed by atoms with E-state index in [1.807, 2.05) is 17.3 Å². The largest absolute Gasteiger partial charge is 0.493 e. The van der Waals surface area contributed by atoms with Crippen LogP contribution in [0.1, 0.15) is 24.1 Å². The van der Waals surface area contributed by atoms with E-state index in [2.05, 4.69) is 44.9 Å². The van der Waals surface area contributed by atoms with Crippen LogP contribution in [0.5, 0.6) is 5.75 Å². The molecule has 0 aliphatic carbocycles. The number of hydrogen-bond donors (Lipinski definition) is 0. The van der Waals surface area contributed by atoms with E-state index in [4.69, 9.17) is 4.74 Å². The first-order valence-electron chi connectivity index (χ1n) is 11.0. The fourth-order valence-corrected chi connectivity index (χ4v) is 5.78. The first kappa shape index (κ1) is 20.5. The molecule has 1 aromatic heterocycles. The topological polar surface area (TPSA) is 78.9 Å². The van der Waals surface area contributed by atoms with Crippen LogP contribution < -0.4 is 14.5 Å². The Hall–Kier alpha value is -2.39. The molecule has 0 N–H and O–H groups in total. The van der Waals surface area contributed by atoms with Gasteiger partial charge in [-0.2, -0.15) is 0 Å². The van der Waals surface area contributed by atoms with Gasteiger partial charge in [0, 0.05) is 51.7 Å². The van der Waals surface area contributed by atoms with Crippen molar-refractivity contribution >= 4 is 21.5 Å². The average Bonchev–Trinajstić information content (AvgIpc) is 3.27. The molecule has 2 saturated heterocycles. The highest BCUT2D eigenvalue weighted by Gasteiger charge is 2.26. The third-order valence-electron chi connectivity index (χ3n) is 6.68. The maximum Gasteiger partial charge on any atom is 0.225 e. The van der Waals surface area contributed by atoms with Gasteiger partial charge in [-0.15, -0.1) is 0 Å². The summed E-state index contributed by atoms with van der Waals surface area (Å²) >= 11 is 0. The summed E-state index contributed by atoms with van der Waals surface area (Å²) in [5.74, 6) is 2.19. The predicted molar refractivity (Wildman–Crippen MR) is 121 cm³/mol. The molecule has 0 spiro atoms. The second-order valence-corrected chi connectivity index (χ2v) is 10.8. The van der Waals surface area contributed by atoms with Gasteiger partial charge in [-0.25, -0.2) is 18.4 Å². The van der Waals surface area contributed by atoms with E-state index in [-0.39, 0.29) is 11.5 Å². The predicted octanol–water partition coefficient (Wildman–Crippen LogP) is 1.53. The number of aromatic nitrogens is 2. The highest BCUT2D eigenvalue weighted by molar-refractivity contribution is 7.91. The Bertz CT molecular complexity index is 1020. The Morgan fingerprint density at radius 3 is 2.39 bits per heavy atom. The number of anilines is 2. The number of benzene rings is 1. The van der Waals surface area contributed by atoms with Crippen molar-refractivity contribution in [2.75, 3.05) is 67.2 Å². The first-order chi connectivity index (χ1) is 15.0. The zero-order valence-electron chi connectivity index (χ0n) is 17.9. The quantitative estimate of drug-likeness (QED) is 0.704. The van der Waals surface area contributed by atoms with Gasteiger partial charge in [0.1, 0.15) is 5.75 Å². The van der Waals surface area contributed by atoms with Gasteiger partial charge in [0.15, 0.2) is 9.84 Å². The standard InChI is InChI=1S/C22H29N5O3S/c1-17(19-3-2-18-4-11-30-21(18)14-19)25-5-7-27(8-6-25)22-23-15-20(16-24-22)26-9-12-31(28,29)13-10-26/h2-3,14-17H,4-13H2,1H3. The summed E-state index contributed by atoms with van der Waals surface area (Å²) < 4.78 is 29.0. The van der Waals surface area contributed by atoms with Crippen molar-refractivity contribution in [1.29, 1.82) is 0 Å². The number of fused-ring (bicyclic) bond motifs is 1. The summed E-state index contributed by atoms with van der Waals surface area (Å²) in [6.45, 7) is 7.74. The highest BCUT2D eigenvalue weighted by atomic mass is 32.2. The van der Waals surface area contributed by atoms with E-state index in [0.29, 0.717) is 19.1 Å². The zero-order chi connectivity index (χ0) is 21.4. The molecule has 1 aromatic carbocycles. The van der Waals surface area contributed by atoms with Crippen LogP contribution in [-0.2, 0) is 16.3 Å². The molecule has 2 fully saturated rings. The molecular formula is C22H29N5O3S. The number of rotatable bonds is 4. The van der Waals surface area contributed by atoms with Gasteiger partial charge in [0.2, 0.25) is 5.95 Å². The Labute approximate surface area is 183 Å². The molecule has 0 bridgehead atoms. The van der Waals surface area contributed by atoms with Crippen LogP contribution in [0, 0.1) is 0 Å². The smallest absolute Gasteiger partial charge is 0.225 e. The summed E-state index contributed by atoms with van der Waals surface area (Å²) in [4.78, 5) is 15.9. The molecule has 3 aliphatic heterocycles. The molecule has 31 heavy (non-hydrogen) atoms. The van der Waals surface area contributed by atoms with Crippen LogP contribution in [0.3, 0.4) is 0 Å². The van der Waals surface area contributed by atoms with Crippen molar-refractivity contribution in [2.24, 2.45) is 0 Å². The van der Waals surface area contributed by atoms with Crippen LogP contribution in [0.4, 0.5) is 11.6 Å². The van der Waals surface area contributed by atoms with Crippen LogP contribution >= 0.6 is 0 Å². The summed E-state index contributed by atoms with van der Waals surface area (Å²) in [5, 5.41) is 0. The lowest BCUT2D eigenvalue weighted by molar-refractivity contribution is 0.197. The Morgan fingerprint density at radius 1 is 0.968 bits per heavy atom. The Morgan fingerprint density at radius 2 is 1.68 bits per heavy atom. The lowest BCUT2D eigenvalue weighted by atomic mass is 10.0. The monoisotopic (exact) mass is 443 g/mol. The van der Waals surface area contributed by atoms with Crippen molar-refractivity contribution in [2.45, 2.75) is 19.4 Å². The molecule has 2 aromatic rings. The average molecular weight is 444 g/mol. The van der Waals surface area contributed by atoms with Crippen LogP contribution in [0.15, 0.2) is 30.6 Å². The maximum absolute atomic E-state index is 11.6.